The zero-order valence-corrected chi connectivity index (χ0v) is 38.1. The first-order valence-corrected chi connectivity index (χ1v) is 22.3. The smallest absolute Gasteiger partial charge is 0.160 e. The van der Waals surface area contributed by atoms with Crippen LogP contribution in [-0.4, -0.2) is 96.7 Å². The number of imidazole rings is 3. The molecule has 1 N–H and O–H groups in total. The molecule has 15 aromatic rings. The molecule has 1 aliphatic rings. The number of fused-ring (bicyclic) bond motifs is 8. The van der Waals surface area contributed by atoms with Crippen LogP contribution in [0.3, 0.4) is 0 Å². The van der Waals surface area contributed by atoms with E-state index in [0.29, 0.717) is 0 Å². The standard InChI is InChI=1S/2C7H6N2.C7H9N.5C6H5N3/c1-3-7-4-2-6-9(7)8-5-1;1-2-6-9-7(3-1)4-5-8-9;1-3-7-4-2-6-8(7)5-1;1-3-9-4-2-8-6(9)5-7-1;1-2-7-3-6-5(1)8-4-9-6;1-2-7-5-9-4-3-8-6(1)9;1-2-4-9-5-7-8-6(9)3-1;1-2-4-9-6(3-1)7-5-8-9/h2*1-6H;1,3,5H,2,4,6H2;1-5H;1-4H,(H,8,9);3*1-5H. The number of H-pyrrole nitrogens is 1. The van der Waals surface area contributed by atoms with Gasteiger partial charge in [-0.15, -0.1) is 10.2 Å². The van der Waals surface area contributed by atoms with Crippen molar-refractivity contribution in [1.82, 2.24) is 96.7 Å². The summed E-state index contributed by atoms with van der Waals surface area (Å²) in [6, 6.07) is 35.5. The third-order valence-corrected chi connectivity index (χ3v) is 10.4. The lowest BCUT2D eigenvalue weighted by Crippen LogP contribution is -1.86. The monoisotopic (exact) mass is 938 g/mol. The van der Waals surface area contributed by atoms with Crippen LogP contribution >= 0.6 is 0 Å². The first-order chi connectivity index (χ1) is 35.2. The number of aromatic nitrogens is 20. The molecule has 1 aliphatic heterocycles. The number of pyridine rings is 4. The van der Waals surface area contributed by atoms with Crippen molar-refractivity contribution in [2.45, 2.75) is 19.4 Å². The Morgan fingerprint density at radius 1 is 0.437 bits per heavy atom. The maximum absolute atomic E-state index is 4.06. The SMILES string of the molecule is c1cc2n(c1)CCC2.c1cc2nc[nH]c2cn1.c1cc2nccn2cn1.c1ccn2cnnc2c1.c1ccn2nccc2c1.c1ccn2ncnc2c1.c1cn2ccnc2cn1.c1cnn2cccc2c1. The van der Waals surface area contributed by atoms with Crippen LogP contribution in [0.4, 0.5) is 0 Å². The van der Waals surface area contributed by atoms with Gasteiger partial charge in [0.2, 0.25) is 0 Å². The first-order valence-electron chi connectivity index (χ1n) is 22.3. The molecule has 0 bridgehead atoms. The molecular weight excluding hydrogens is 893 g/mol. The van der Waals surface area contributed by atoms with Crippen LogP contribution < -0.4 is 0 Å². The average Bonchev–Trinajstić information content (AvgIpc) is 4.28. The van der Waals surface area contributed by atoms with Gasteiger partial charge in [-0.05, 0) is 104 Å². The van der Waals surface area contributed by atoms with Crippen LogP contribution in [0.15, 0.2) is 240 Å². The molecule has 0 aromatic carbocycles. The van der Waals surface area contributed by atoms with Gasteiger partial charge in [0, 0.05) is 105 Å². The molecule has 0 atom stereocenters. The molecule has 0 spiro atoms. The molecule has 0 amide bonds. The summed E-state index contributed by atoms with van der Waals surface area (Å²) in [7, 11) is 0. The van der Waals surface area contributed by atoms with E-state index in [1.54, 1.807) is 79.3 Å². The molecule has 20 nitrogen and oxygen atoms in total. The van der Waals surface area contributed by atoms with E-state index in [2.05, 4.69) is 88.3 Å². The van der Waals surface area contributed by atoms with Gasteiger partial charge in [0.25, 0.3) is 0 Å². The van der Waals surface area contributed by atoms with Gasteiger partial charge >= 0.3 is 0 Å². The summed E-state index contributed by atoms with van der Waals surface area (Å²) in [5.74, 6) is 0. The molecule has 0 fully saturated rings. The van der Waals surface area contributed by atoms with Gasteiger partial charge in [-0.1, -0.05) is 18.2 Å². The van der Waals surface area contributed by atoms with Crippen molar-refractivity contribution in [2.75, 3.05) is 0 Å². The lowest BCUT2D eigenvalue weighted by molar-refractivity contribution is 0.750. The predicted octanol–water partition coefficient (Wildman–Crippen LogP) is 7.98. The number of aryl methyl sites for hydroxylation is 2. The van der Waals surface area contributed by atoms with E-state index in [1.807, 2.05) is 163 Å². The first kappa shape index (κ1) is 45.9. The Labute approximate surface area is 404 Å². The number of nitrogens with zero attached hydrogens (tertiary/aromatic N) is 19. The van der Waals surface area contributed by atoms with E-state index in [1.165, 1.54) is 31.4 Å². The van der Waals surface area contributed by atoms with Gasteiger partial charge in [0.15, 0.2) is 16.9 Å². The molecule has 20 heteroatoms. The number of aromatic amines is 1. The Hall–Kier alpha value is -10.2. The second kappa shape index (κ2) is 24.0. The second-order valence-corrected chi connectivity index (χ2v) is 15.0. The zero-order valence-electron chi connectivity index (χ0n) is 38.1. The minimum absolute atomic E-state index is 0.887. The van der Waals surface area contributed by atoms with Gasteiger partial charge in [-0.3, -0.25) is 18.8 Å². The highest BCUT2D eigenvalue weighted by Gasteiger charge is 2.06. The van der Waals surface area contributed by atoms with E-state index in [0.717, 1.165) is 44.7 Å². The molecule has 350 valence electrons. The topological polar surface area (TPSA) is 202 Å². The predicted molar refractivity (Wildman–Crippen MR) is 269 cm³/mol. The van der Waals surface area contributed by atoms with Crippen molar-refractivity contribution < 1.29 is 0 Å². The van der Waals surface area contributed by atoms with Crippen LogP contribution in [0.2, 0.25) is 0 Å². The van der Waals surface area contributed by atoms with E-state index >= 15 is 0 Å². The van der Waals surface area contributed by atoms with E-state index < -0.39 is 0 Å². The molecule has 0 saturated carbocycles. The van der Waals surface area contributed by atoms with Crippen LogP contribution in [0.1, 0.15) is 12.1 Å². The van der Waals surface area contributed by atoms with Crippen molar-refractivity contribution in [3.05, 3.63) is 246 Å². The average molecular weight is 939 g/mol. The van der Waals surface area contributed by atoms with Crippen molar-refractivity contribution in [1.29, 1.82) is 0 Å². The molecule has 0 aliphatic carbocycles. The zero-order chi connectivity index (χ0) is 48.1. The van der Waals surface area contributed by atoms with Gasteiger partial charge < -0.3 is 14.0 Å². The normalized spacial score (nSPS) is 10.9. The summed E-state index contributed by atoms with van der Waals surface area (Å²) >= 11 is 0. The van der Waals surface area contributed by atoms with E-state index in [-0.39, 0.29) is 0 Å². The Morgan fingerprint density at radius 3 is 2.00 bits per heavy atom. The highest BCUT2D eigenvalue weighted by Crippen LogP contribution is 2.13. The molecule has 0 radical (unpaired) electrons. The van der Waals surface area contributed by atoms with Crippen molar-refractivity contribution in [2.24, 2.45) is 0 Å². The van der Waals surface area contributed by atoms with Crippen molar-refractivity contribution >= 4 is 44.7 Å². The largest absolute Gasteiger partial charge is 0.351 e. The Kier molecular flexibility index (Phi) is 15.5. The number of nitrogens with one attached hydrogen (secondary N) is 1. The lowest BCUT2D eigenvalue weighted by Gasteiger charge is -1.90. The van der Waals surface area contributed by atoms with E-state index in [4.69, 9.17) is 0 Å². The van der Waals surface area contributed by atoms with Gasteiger partial charge in [0.1, 0.15) is 24.6 Å². The molecular formula is C51H46N20. The Bertz CT molecular complexity index is 3010. The highest BCUT2D eigenvalue weighted by molar-refractivity contribution is 5.72. The fourth-order valence-corrected chi connectivity index (χ4v) is 6.93. The van der Waals surface area contributed by atoms with E-state index in [9.17, 15) is 0 Å². The van der Waals surface area contributed by atoms with Gasteiger partial charge in [-0.25, -0.2) is 38.5 Å². The Balaban J connectivity index is 0.000000100. The molecule has 71 heavy (non-hydrogen) atoms. The third-order valence-electron chi connectivity index (χ3n) is 10.4. The Morgan fingerprint density at radius 2 is 1.15 bits per heavy atom. The summed E-state index contributed by atoms with van der Waals surface area (Å²) in [5, 5.41) is 19.6. The molecule has 15 aromatic heterocycles. The van der Waals surface area contributed by atoms with Crippen molar-refractivity contribution in [3.8, 4) is 0 Å². The second-order valence-electron chi connectivity index (χ2n) is 15.0. The van der Waals surface area contributed by atoms with Crippen LogP contribution in [0, 0.1) is 0 Å². The molecule has 0 saturated heterocycles. The summed E-state index contributed by atoms with van der Waals surface area (Å²) < 4.78 is 13.3. The minimum atomic E-state index is 0.887. The number of hydrogen-bond acceptors (Lipinski definition) is 12. The number of rotatable bonds is 0. The molecule has 0 unspecified atom stereocenters. The van der Waals surface area contributed by atoms with Crippen LogP contribution in [0.5, 0.6) is 0 Å². The molecule has 16 rings (SSSR count). The molecule has 16 heterocycles. The summed E-state index contributed by atoms with van der Waals surface area (Å²) in [6.45, 7) is 1.24. The fourth-order valence-electron chi connectivity index (χ4n) is 6.93. The van der Waals surface area contributed by atoms with Gasteiger partial charge in [-0.2, -0.15) is 15.3 Å². The lowest BCUT2D eigenvalue weighted by atomic mass is 10.3. The maximum atomic E-state index is 4.06. The number of hydrogen-bond donors (Lipinski definition) is 1. The maximum Gasteiger partial charge on any atom is 0.160 e. The summed E-state index contributed by atoms with van der Waals surface area (Å²) in [6.07, 6.45) is 40.3. The quantitative estimate of drug-likeness (QED) is 0.154. The van der Waals surface area contributed by atoms with Crippen LogP contribution in [-0.2, 0) is 13.0 Å². The van der Waals surface area contributed by atoms with Crippen molar-refractivity contribution in [3.63, 3.8) is 0 Å². The van der Waals surface area contributed by atoms with Crippen LogP contribution in [0.25, 0.3) is 44.7 Å². The van der Waals surface area contributed by atoms with Gasteiger partial charge in [0.05, 0.1) is 40.8 Å². The minimum Gasteiger partial charge on any atom is -0.351 e. The summed E-state index contributed by atoms with van der Waals surface area (Å²) in [5.41, 5.74) is 9.32. The highest BCUT2D eigenvalue weighted by atomic mass is 15.3. The third kappa shape index (κ3) is 12.8. The summed E-state index contributed by atoms with van der Waals surface area (Å²) in [4.78, 5) is 30.7. The fraction of sp³-hybridized carbons (Fsp3) is 0.0588.